The number of allylic oxidation sites excluding steroid dienone is 2. The average Bonchev–Trinajstić information content (AvgIpc) is 3.66. The maximum absolute atomic E-state index is 14.2. The Bertz CT molecular complexity index is 1690. The third-order valence-electron chi connectivity index (χ3n) is 9.00. The van der Waals surface area contributed by atoms with Crippen molar-refractivity contribution >= 4 is 23.0 Å². The van der Waals surface area contributed by atoms with E-state index in [0.29, 0.717) is 29.9 Å². The van der Waals surface area contributed by atoms with Crippen molar-refractivity contribution < 1.29 is 34.8 Å². The molecule has 0 unspecified atom stereocenters. The lowest BCUT2D eigenvalue weighted by Gasteiger charge is -2.46. The zero-order chi connectivity index (χ0) is 31.5. The number of Topliss-reactive ketones (excluding diaryl/α,β-unsaturated/α-hetero) is 3. The number of benzene rings is 1. The second kappa shape index (κ2) is 10.8. The van der Waals surface area contributed by atoms with E-state index >= 15 is 0 Å². The zero-order valence-electron chi connectivity index (χ0n) is 24.6. The van der Waals surface area contributed by atoms with Crippen molar-refractivity contribution in [3.05, 3.63) is 81.3 Å². The van der Waals surface area contributed by atoms with Gasteiger partial charge in [-0.15, -0.1) is 0 Å². The Morgan fingerprint density at radius 3 is 2.20 bits per heavy atom. The van der Waals surface area contributed by atoms with Crippen LogP contribution in [0.5, 0.6) is 5.75 Å². The van der Waals surface area contributed by atoms with Crippen molar-refractivity contribution in [3.63, 3.8) is 0 Å². The normalized spacial score (nSPS) is 23.1. The summed E-state index contributed by atoms with van der Waals surface area (Å²) >= 11 is 0. The minimum absolute atomic E-state index is 0.00233. The highest BCUT2D eigenvalue weighted by Gasteiger charge is 2.59. The number of nitrogens with one attached hydrogen (secondary N) is 2. The lowest BCUT2D eigenvalue weighted by molar-refractivity contribution is -0.144. The number of hydrogen-bond acceptors (Lipinski definition) is 11. The summed E-state index contributed by atoms with van der Waals surface area (Å²) < 4.78 is 0. The van der Waals surface area contributed by atoms with Crippen molar-refractivity contribution in [1.29, 1.82) is 0 Å². The van der Waals surface area contributed by atoms with E-state index < -0.39 is 51.9 Å². The van der Waals surface area contributed by atoms with Gasteiger partial charge in [-0.25, -0.2) is 0 Å². The first-order chi connectivity index (χ1) is 20.9. The van der Waals surface area contributed by atoms with Crippen molar-refractivity contribution in [2.75, 3.05) is 19.0 Å². The van der Waals surface area contributed by atoms with Crippen LogP contribution in [0.25, 0.3) is 0 Å². The van der Waals surface area contributed by atoms with Crippen LogP contribution >= 0.6 is 0 Å². The van der Waals surface area contributed by atoms with Crippen LogP contribution in [0.4, 0.5) is 5.69 Å². The maximum atomic E-state index is 14.2. The Morgan fingerprint density at radius 1 is 1.02 bits per heavy atom. The number of aromatic amines is 2. The number of phenols is 1. The van der Waals surface area contributed by atoms with Crippen molar-refractivity contribution in [2.45, 2.75) is 51.4 Å². The first-order valence-electron chi connectivity index (χ1n) is 14.3. The van der Waals surface area contributed by atoms with Crippen LogP contribution in [0.1, 0.15) is 52.6 Å². The summed E-state index contributed by atoms with van der Waals surface area (Å²) in [4.78, 5) is 43.6. The molecular weight excluding hydrogens is 568 g/mol. The monoisotopic (exact) mass is 602 g/mol. The predicted octanol–water partition coefficient (Wildman–Crippen LogP) is 2.40. The Kier molecular flexibility index (Phi) is 7.17. The van der Waals surface area contributed by atoms with E-state index in [9.17, 15) is 34.8 Å². The van der Waals surface area contributed by atoms with E-state index in [-0.39, 0.29) is 42.7 Å². The van der Waals surface area contributed by atoms with E-state index in [4.69, 9.17) is 0 Å². The number of H-pyrrole nitrogens is 2. The number of aliphatic hydroxyl groups excluding tert-OH is 2. The van der Waals surface area contributed by atoms with Gasteiger partial charge in [-0.3, -0.25) is 29.5 Å². The van der Waals surface area contributed by atoms with E-state index in [1.807, 2.05) is 42.1 Å². The third-order valence-corrected chi connectivity index (χ3v) is 9.00. The first-order valence-corrected chi connectivity index (χ1v) is 14.3. The van der Waals surface area contributed by atoms with E-state index in [1.165, 1.54) is 0 Å². The minimum Gasteiger partial charge on any atom is -0.511 e. The fourth-order valence-corrected chi connectivity index (χ4v) is 6.99. The summed E-state index contributed by atoms with van der Waals surface area (Å²) in [5, 5.41) is 59.1. The largest absolute Gasteiger partial charge is 0.511 e. The van der Waals surface area contributed by atoms with E-state index in [2.05, 4.69) is 20.4 Å². The molecule has 13 nitrogen and oxygen atoms in total. The van der Waals surface area contributed by atoms with Gasteiger partial charge in [0.1, 0.15) is 22.8 Å². The predicted molar refractivity (Wildman–Crippen MR) is 157 cm³/mol. The number of phenolic OH excluding ortho intramolecular Hbond substituents is 1. The Balaban J connectivity index is 1.44. The van der Waals surface area contributed by atoms with Gasteiger partial charge in [0.2, 0.25) is 5.78 Å². The molecule has 0 spiro atoms. The van der Waals surface area contributed by atoms with E-state index in [0.717, 1.165) is 18.3 Å². The van der Waals surface area contributed by atoms with Crippen LogP contribution in [-0.4, -0.2) is 82.8 Å². The number of aromatic nitrogens is 4. The van der Waals surface area contributed by atoms with Gasteiger partial charge in [0, 0.05) is 86.7 Å². The summed E-state index contributed by atoms with van der Waals surface area (Å²) in [6, 6.07) is 5.54. The zero-order valence-corrected chi connectivity index (χ0v) is 24.6. The number of aliphatic hydroxyl groups is 3. The number of nitrogens with zero attached hydrogens (tertiary/aromatic N) is 4. The molecule has 3 atom stereocenters. The third kappa shape index (κ3) is 4.59. The summed E-state index contributed by atoms with van der Waals surface area (Å²) in [7, 11) is 3.67. The number of aromatic hydroxyl groups is 1. The van der Waals surface area contributed by atoms with Crippen molar-refractivity contribution in [3.8, 4) is 5.75 Å². The molecule has 0 saturated heterocycles. The maximum Gasteiger partial charge on any atom is 0.209 e. The summed E-state index contributed by atoms with van der Waals surface area (Å²) in [6.07, 6.45) is 3.46. The fraction of sp³-hybridized carbons (Fsp3) is 0.387. The molecule has 2 heterocycles. The first kappa shape index (κ1) is 29.3. The van der Waals surface area contributed by atoms with Crippen LogP contribution in [0, 0.1) is 11.8 Å². The summed E-state index contributed by atoms with van der Waals surface area (Å²) in [5.74, 6) is -5.57. The molecule has 44 heavy (non-hydrogen) atoms. The number of carbonyl (C=O) groups excluding carboxylic acids is 3. The van der Waals surface area contributed by atoms with Gasteiger partial charge in [0.15, 0.2) is 17.2 Å². The second-order valence-corrected chi connectivity index (χ2v) is 12.1. The van der Waals surface area contributed by atoms with Crippen LogP contribution in [0.2, 0.25) is 0 Å². The molecule has 3 aliphatic rings. The molecule has 13 heteroatoms. The average molecular weight is 603 g/mol. The van der Waals surface area contributed by atoms with E-state index in [1.54, 1.807) is 12.4 Å². The Hall–Kier alpha value is -4.75. The standard InChI is InChI=1S/C31H34N6O7/c1-15(38)24-23(39)11-18-8-16-9-21-22(36(2)3)10-17(12-37(13-19-4-6-32-34-19)14-20-5-7-33-35-20)27(40)26(21)28(41)25(16)30(43)31(18,44)29(24)42/h4-7,10,16,18,39-40,43-44H,8-9,11-14H2,1-3H3,(H,32,34)(H,33,35)/t16-,18+,31-/m1/s1. The molecule has 0 radical (unpaired) electrons. The highest BCUT2D eigenvalue weighted by Crippen LogP contribution is 2.52. The van der Waals surface area contributed by atoms with Crippen LogP contribution in [-0.2, 0) is 35.6 Å². The molecular formula is C31H34N6O7. The number of ketones is 3. The van der Waals surface area contributed by atoms with Crippen molar-refractivity contribution in [2.24, 2.45) is 11.8 Å². The smallest absolute Gasteiger partial charge is 0.209 e. The van der Waals surface area contributed by atoms with Gasteiger partial charge >= 0.3 is 0 Å². The molecule has 0 saturated carbocycles. The van der Waals surface area contributed by atoms with Crippen LogP contribution in [0.3, 0.4) is 0 Å². The Morgan fingerprint density at radius 2 is 1.66 bits per heavy atom. The quantitative estimate of drug-likeness (QED) is 0.207. The summed E-state index contributed by atoms with van der Waals surface area (Å²) in [5.41, 5.74) is 0.193. The molecule has 0 fully saturated rings. The van der Waals surface area contributed by atoms with Crippen LogP contribution in [0.15, 0.2) is 53.3 Å². The molecule has 1 aromatic carbocycles. The molecule has 3 aliphatic carbocycles. The Labute approximate surface area is 252 Å². The lowest BCUT2D eigenvalue weighted by Crippen LogP contribution is -2.56. The molecule has 0 bridgehead atoms. The van der Waals surface area contributed by atoms with Gasteiger partial charge < -0.3 is 25.3 Å². The molecule has 0 aliphatic heterocycles. The number of fused-ring (bicyclic) bond motifs is 3. The number of carbonyl (C=O) groups is 3. The number of anilines is 1. The van der Waals surface area contributed by atoms with Gasteiger partial charge in [-0.1, -0.05) is 0 Å². The summed E-state index contributed by atoms with van der Waals surface area (Å²) in [6.45, 7) is 2.22. The van der Waals surface area contributed by atoms with Gasteiger partial charge in [0.25, 0.3) is 0 Å². The molecule has 0 amide bonds. The van der Waals surface area contributed by atoms with Gasteiger partial charge in [0.05, 0.1) is 5.56 Å². The second-order valence-electron chi connectivity index (χ2n) is 12.1. The molecule has 3 aromatic rings. The topological polar surface area (TPSA) is 196 Å². The highest BCUT2D eigenvalue weighted by molar-refractivity contribution is 6.25. The molecule has 230 valence electrons. The fourth-order valence-electron chi connectivity index (χ4n) is 6.99. The molecule has 6 N–H and O–H groups in total. The van der Waals surface area contributed by atoms with Gasteiger partial charge in [-0.05, 0) is 49.4 Å². The highest BCUT2D eigenvalue weighted by atomic mass is 16.3. The minimum atomic E-state index is -2.53. The molecule has 2 aromatic heterocycles. The van der Waals surface area contributed by atoms with Crippen LogP contribution < -0.4 is 4.90 Å². The number of rotatable bonds is 8. The lowest BCUT2D eigenvalue weighted by atomic mass is 9.60. The number of hydrogen-bond donors (Lipinski definition) is 6. The van der Waals surface area contributed by atoms with Crippen molar-refractivity contribution in [1.82, 2.24) is 25.3 Å². The SMILES string of the molecule is CC(=O)C1=C(O)C[C@@H]2C[C@@H]3Cc4c(N(C)C)cc(CN(Cc5ccn[nH]5)Cc5ccn[nH]5)c(O)c4C(=O)C3=C(O)[C@]2(O)C1=O. The van der Waals surface area contributed by atoms with Gasteiger partial charge in [-0.2, -0.15) is 10.2 Å². The molecule has 6 rings (SSSR count).